The molecule has 0 atom stereocenters. The van der Waals surface area contributed by atoms with Crippen LogP contribution in [0.5, 0.6) is 0 Å². The zero-order valence-corrected chi connectivity index (χ0v) is 10.4. The number of amides is 1. The maximum Gasteiger partial charge on any atom is 0.251 e. The lowest BCUT2D eigenvalue weighted by Crippen LogP contribution is -2.28. The van der Waals surface area contributed by atoms with Crippen molar-refractivity contribution in [2.24, 2.45) is 5.92 Å². The molecule has 0 saturated heterocycles. The van der Waals surface area contributed by atoms with Gasteiger partial charge < -0.3 is 5.32 Å². The highest BCUT2D eigenvalue weighted by atomic mass is 16.1. The molecule has 0 spiro atoms. The van der Waals surface area contributed by atoms with Gasteiger partial charge in [0, 0.05) is 12.1 Å². The highest BCUT2D eigenvalue weighted by Gasteiger charge is 2.07. The van der Waals surface area contributed by atoms with Crippen molar-refractivity contribution in [1.29, 1.82) is 0 Å². The van der Waals surface area contributed by atoms with Crippen molar-refractivity contribution in [3.05, 3.63) is 35.4 Å². The fourth-order valence-corrected chi connectivity index (χ4v) is 1.62. The molecule has 1 amide bonds. The Bertz CT molecular complexity index is 325. The molecule has 0 saturated carbocycles. The smallest absolute Gasteiger partial charge is 0.251 e. The summed E-state index contributed by atoms with van der Waals surface area (Å²) in [7, 11) is 0. The van der Waals surface area contributed by atoms with E-state index in [2.05, 4.69) is 19.2 Å². The van der Waals surface area contributed by atoms with Gasteiger partial charge in [-0.15, -0.1) is 0 Å². The lowest BCUT2D eigenvalue weighted by molar-refractivity contribution is 0.0946. The molecule has 0 aliphatic rings. The van der Waals surface area contributed by atoms with Crippen LogP contribution in [0.2, 0.25) is 0 Å². The third-order valence-electron chi connectivity index (χ3n) is 3.02. The van der Waals surface area contributed by atoms with Crippen molar-refractivity contribution >= 4 is 5.91 Å². The Hall–Kier alpha value is -1.31. The molecular formula is C14H21NO. The summed E-state index contributed by atoms with van der Waals surface area (Å²) in [6, 6.07) is 7.67. The van der Waals surface area contributed by atoms with Crippen molar-refractivity contribution in [3.63, 3.8) is 0 Å². The predicted molar refractivity (Wildman–Crippen MR) is 67.6 cm³/mol. The fraction of sp³-hybridized carbons (Fsp3) is 0.500. The van der Waals surface area contributed by atoms with Gasteiger partial charge in [0.05, 0.1) is 0 Å². The van der Waals surface area contributed by atoms with Gasteiger partial charge in [-0.1, -0.05) is 44.4 Å². The molecule has 2 heteroatoms. The van der Waals surface area contributed by atoms with E-state index < -0.39 is 0 Å². The number of nitrogens with one attached hydrogen (secondary N) is 1. The average Bonchev–Trinajstić information content (AvgIpc) is 2.31. The van der Waals surface area contributed by atoms with Gasteiger partial charge in [-0.2, -0.15) is 0 Å². The molecule has 0 bridgehead atoms. The molecule has 0 radical (unpaired) electrons. The van der Waals surface area contributed by atoms with E-state index in [4.69, 9.17) is 0 Å². The van der Waals surface area contributed by atoms with Crippen LogP contribution in [-0.2, 0) is 0 Å². The Morgan fingerprint density at radius 1 is 1.19 bits per heavy atom. The first-order valence-corrected chi connectivity index (χ1v) is 6.02. The van der Waals surface area contributed by atoms with E-state index in [0.717, 1.165) is 24.9 Å². The van der Waals surface area contributed by atoms with Gasteiger partial charge in [-0.25, -0.2) is 0 Å². The Morgan fingerprint density at radius 3 is 2.25 bits per heavy atom. The van der Waals surface area contributed by atoms with Crippen LogP contribution >= 0.6 is 0 Å². The van der Waals surface area contributed by atoms with Crippen LogP contribution in [0.25, 0.3) is 0 Å². The Labute approximate surface area is 98.1 Å². The van der Waals surface area contributed by atoms with Gasteiger partial charge in [0.1, 0.15) is 0 Å². The first kappa shape index (κ1) is 12.8. The molecule has 0 unspecified atom stereocenters. The molecule has 1 aromatic rings. The number of aryl methyl sites for hydroxylation is 1. The van der Waals surface area contributed by atoms with Crippen molar-refractivity contribution in [2.75, 3.05) is 6.54 Å². The largest absolute Gasteiger partial charge is 0.352 e. The third kappa shape index (κ3) is 3.69. The predicted octanol–water partition coefficient (Wildman–Crippen LogP) is 3.16. The molecule has 0 heterocycles. The molecule has 88 valence electrons. The van der Waals surface area contributed by atoms with E-state index in [-0.39, 0.29) is 5.91 Å². The summed E-state index contributed by atoms with van der Waals surface area (Å²) >= 11 is 0. The van der Waals surface area contributed by atoms with E-state index >= 15 is 0 Å². The molecule has 0 aliphatic carbocycles. The van der Waals surface area contributed by atoms with E-state index in [0.29, 0.717) is 5.92 Å². The quantitative estimate of drug-likeness (QED) is 0.809. The maximum atomic E-state index is 11.8. The minimum Gasteiger partial charge on any atom is -0.352 e. The number of hydrogen-bond donors (Lipinski definition) is 1. The van der Waals surface area contributed by atoms with Gasteiger partial charge in [-0.05, 0) is 25.0 Å². The Morgan fingerprint density at radius 2 is 1.75 bits per heavy atom. The molecule has 1 N–H and O–H groups in total. The van der Waals surface area contributed by atoms with Crippen molar-refractivity contribution in [3.8, 4) is 0 Å². The first-order valence-electron chi connectivity index (χ1n) is 6.02. The maximum absolute atomic E-state index is 11.8. The molecule has 0 fully saturated rings. The minimum atomic E-state index is 0.0342. The molecule has 2 nitrogen and oxygen atoms in total. The number of rotatable bonds is 5. The molecular weight excluding hydrogens is 198 g/mol. The molecule has 1 aromatic carbocycles. The Balaban J connectivity index is 2.49. The third-order valence-corrected chi connectivity index (χ3v) is 3.02. The monoisotopic (exact) mass is 219 g/mol. The summed E-state index contributed by atoms with van der Waals surface area (Å²) in [5, 5.41) is 2.98. The van der Waals surface area contributed by atoms with Crippen molar-refractivity contribution < 1.29 is 4.79 Å². The standard InChI is InChI=1S/C14H21NO/c1-4-12(5-2)10-15-14(16)13-8-6-11(3)7-9-13/h6-9,12H,4-5,10H2,1-3H3,(H,15,16). The van der Waals surface area contributed by atoms with Crippen LogP contribution in [0.1, 0.15) is 42.6 Å². The van der Waals surface area contributed by atoms with Crippen LogP contribution in [0.3, 0.4) is 0 Å². The molecule has 1 rings (SSSR count). The lowest BCUT2D eigenvalue weighted by atomic mass is 10.0. The van der Waals surface area contributed by atoms with Crippen molar-refractivity contribution in [1.82, 2.24) is 5.32 Å². The van der Waals surface area contributed by atoms with Gasteiger partial charge in [0.2, 0.25) is 0 Å². The summed E-state index contributed by atoms with van der Waals surface area (Å²) in [6.45, 7) is 7.12. The second kappa shape index (κ2) is 6.31. The fourth-order valence-electron chi connectivity index (χ4n) is 1.62. The van der Waals surface area contributed by atoms with Crippen LogP contribution in [-0.4, -0.2) is 12.5 Å². The number of benzene rings is 1. The molecule has 16 heavy (non-hydrogen) atoms. The zero-order valence-electron chi connectivity index (χ0n) is 10.4. The van der Waals surface area contributed by atoms with Crippen LogP contribution in [0, 0.1) is 12.8 Å². The van der Waals surface area contributed by atoms with Gasteiger partial charge in [0.15, 0.2) is 0 Å². The van der Waals surface area contributed by atoms with Gasteiger partial charge >= 0.3 is 0 Å². The van der Waals surface area contributed by atoms with Crippen molar-refractivity contribution in [2.45, 2.75) is 33.6 Å². The van der Waals surface area contributed by atoms with Gasteiger partial charge in [0.25, 0.3) is 5.91 Å². The van der Waals surface area contributed by atoms with E-state index in [9.17, 15) is 4.79 Å². The molecule has 0 aliphatic heterocycles. The lowest BCUT2D eigenvalue weighted by Gasteiger charge is -2.13. The number of carbonyl (C=O) groups excluding carboxylic acids is 1. The van der Waals surface area contributed by atoms with E-state index in [1.807, 2.05) is 31.2 Å². The summed E-state index contributed by atoms with van der Waals surface area (Å²) in [6.07, 6.45) is 2.23. The minimum absolute atomic E-state index is 0.0342. The first-order chi connectivity index (χ1) is 7.67. The second-order valence-electron chi connectivity index (χ2n) is 4.26. The summed E-state index contributed by atoms with van der Waals surface area (Å²) in [5.74, 6) is 0.626. The summed E-state index contributed by atoms with van der Waals surface area (Å²) < 4.78 is 0. The highest BCUT2D eigenvalue weighted by Crippen LogP contribution is 2.07. The topological polar surface area (TPSA) is 29.1 Å². The van der Waals surface area contributed by atoms with Crippen LogP contribution in [0.15, 0.2) is 24.3 Å². The van der Waals surface area contributed by atoms with Crippen LogP contribution < -0.4 is 5.32 Å². The van der Waals surface area contributed by atoms with Gasteiger partial charge in [-0.3, -0.25) is 4.79 Å². The van der Waals surface area contributed by atoms with E-state index in [1.165, 1.54) is 5.56 Å². The normalized spacial score (nSPS) is 10.5. The average molecular weight is 219 g/mol. The molecule has 0 aromatic heterocycles. The van der Waals surface area contributed by atoms with Crippen LogP contribution in [0.4, 0.5) is 0 Å². The van der Waals surface area contributed by atoms with E-state index in [1.54, 1.807) is 0 Å². The number of hydrogen-bond acceptors (Lipinski definition) is 1. The number of carbonyl (C=O) groups is 1. The second-order valence-corrected chi connectivity index (χ2v) is 4.26. The highest BCUT2D eigenvalue weighted by molar-refractivity contribution is 5.94. The SMILES string of the molecule is CCC(CC)CNC(=O)c1ccc(C)cc1. The zero-order chi connectivity index (χ0) is 12.0. The summed E-state index contributed by atoms with van der Waals surface area (Å²) in [5.41, 5.74) is 1.92. The Kier molecular flexibility index (Phi) is 5.03. The summed E-state index contributed by atoms with van der Waals surface area (Å²) in [4.78, 5) is 11.8.